The predicted molar refractivity (Wildman–Crippen MR) is 72.6 cm³/mol. The third kappa shape index (κ3) is 3.96. The number of anilines is 1. The lowest BCUT2D eigenvalue weighted by molar-refractivity contribution is -0.149. The highest BCUT2D eigenvalue weighted by atomic mass is 16.5. The van der Waals surface area contributed by atoms with Gasteiger partial charge in [0.05, 0.1) is 18.7 Å². The molecule has 1 saturated heterocycles. The molecule has 1 aromatic heterocycles. The van der Waals surface area contributed by atoms with Crippen LogP contribution >= 0.6 is 0 Å². The Labute approximate surface area is 113 Å². The van der Waals surface area contributed by atoms with Crippen molar-refractivity contribution in [3.8, 4) is 0 Å². The van der Waals surface area contributed by atoms with Crippen molar-refractivity contribution in [1.29, 1.82) is 0 Å². The monoisotopic (exact) mass is 266 g/mol. The van der Waals surface area contributed by atoms with Crippen molar-refractivity contribution in [2.24, 2.45) is 0 Å². The summed E-state index contributed by atoms with van der Waals surface area (Å²) in [5.74, 6) is 0.416. The number of hydrogen-bond acceptors (Lipinski definition) is 5. The van der Waals surface area contributed by atoms with Gasteiger partial charge in [-0.1, -0.05) is 0 Å². The van der Waals surface area contributed by atoms with Crippen LogP contribution in [0, 0.1) is 0 Å². The number of carbonyl (C=O) groups is 1. The Kier molecular flexibility index (Phi) is 4.42. The lowest BCUT2D eigenvalue weighted by Gasteiger charge is -2.31. The standard InChI is InChI=1S/C13H22N4O2/c1-10(2)19-13(18)9-16-6-3-11(4-7-16)17-8-5-12(14)15-17/h5,8,10-11H,3-4,6-7,9H2,1-2H3,(H2,14,15). The number of ether oxygens (including phenoxy) is 1. The van der Waals surface area contributed by atoms with Crippen molar-refractivity contribution in [3.05, 3.63) is 12.3 Å². The van der Waals surface area contributed by atoms with E-state index in [-0.39, 0.29) is 12.1 Å². The summed E-state index contributed by atoms with van der Waals surface area (Å²) in [6.45, 7) is 5.89. The van der Waals surface area contributed by atoms with Crippen molar-refractivity contribution >= 4 is 11.8 Å². The third-order valence-electron chi connectivity index (χ3n) is 3.28. The van der Waals surface area contributed by atoms with Gasteiger partial charge in [0.2, 0.25) is 0 Å². The van der Waals surface area contributed by atoms with Gasteiger partial charge < -0.3 is 10.5 Å². The van der Waals surface area contributed by atoms with Crippen LogP contribution in [0.1, 0.15) is 32.7 Å². The molecule has 0 amide bonds. The van der Waals surface area contributed by atoms with Crippen molar-refractivity contribution in [2.45, 2.75) is 38.8 Å². The number of rotatable bonds is 4. The molecule has 1 aromatic rings. The van der Waals surface area contributed by atoms with Crippen molar-refractivity contribution in [1.82, 2.24) is 14.7 Å². The maximum absolute atomic E-state index is 11.6. The average molecular weight is 266 g/mol. The van der Waals surface area contributed by atoms with E-state index in [0.717, 1.165) is 25.9 Å². The number of piperidine rings is 1. The first-order chi connectivity index (χ1) is 9.04. The minimum absolute atomic E-state index is 0.0444. The topological polar surface area (TPSA) is 73.4 Å². The number of likely N-dealkylation sites (tertiary alicyclic amines) is 1. The predicted octanol–water partition coefficient (Wildman–Crippen LogP) is 1.05. The summed E-state index contributed by atoms with van der Waals surface area (Å²) in [5.41, 5.74) is 5.62. The van der Waals surface area contributed by atoms with Gasteiger partial charge in [-0.2, -0.15) is 5.10 Å². The lowest BCUT2D eigenvalue weighted by atomic mass is 10.1. The summed E-state index contributed by atoms with van der Waals surface area (Å²) < 4.78 is 7.08. The van der Waals surface area contributed by atoms with Gasteiger partial charge in [0.15, 0.2) is 0 Å². The quantitative estimate of drug-likeness (QED) is 0.825. The number of nitrogen functional groups attached to an aromatic ring is 1. The molecule has 0 bridgehead atoms. The summed E-state index contributed by atoms with van der Waals surface area (Å²) in [6, 6.07) is 2.20. The molecule has 0 radical (unpaired) electrons. The van der Waals surface area contributed by atoms with E-state index < -0.39 is 0 Å². The van der Waals surface area contributed by atoms with Gasteiger partial charge in [0.1, 0.15) is 5.82 Å². The molecule has 106 valence electrons. The average Bonchev–Trinajstić information content (AvgIpc) is 2.75. The van der Waals surface area contributed by atoms with E-state index in [0.29, 0.717) is 18.4 Å². The molecule has 0 unspecified atom stereocenters. The van der Waals surface area contributed by atoms with Crippen LogP contribution in [0.3, 0.4) is 0 Å². The first kappa shape index (κ1) is 13.9. The van der Waals surface area contributed by atoms with Crippen LogP contribution in [0.2, 0.25) is 0 Å². The lowest BCUT2D eigenvalue weighted by Crippen LogP contribution is -2.39. The first-order valence-corrected chi connectivity index (χ1v) is 6.77. The van der Waals surface area contributed by atoms with Crippen molar-refractivity contribution in [3.63, 3.8) is 0 Å². The normalized spacial score (nSPS) is 17.8. The smallest absolute Gasteiger partial charge is 0.320 e. The Morgan fingerprint density at radius 3 is 2.74 bits per heavy atom. The summed E-state index contributed by atoms with van der Waals surface area (Å²) in [5, 5.41) is 4.24. The first-order valence-electron chi connectivity index (χ1n) is 6.77. The Morgan fingerprint density at radius 1 is 1.53 bits per heavy atom. The molecular formula is C13H22N4O2. The maximum atomic E-state index is 11.6. The Bertz CT molecular complexity index is 422. The minimum atomic E-state index is -0.142. The molecule has 19 heavy (non-hydrogen) atoms. The van der Waals surface area contributed by atoms with E-state index >= 15 is 0 Å². The summed E-state index contributed by atoms with van der Waals surface area (Å²) in [7, 11) is 0. The highest BCUT2D eigenvalue weighted by Crippen LogP contribution is 2.22. The molecule has 6 nitrogen and oxygen atoms in total. The van der Waals surface area contributed by atoms with Crippen molar-refractivity contribution in [2.75, 3.05) is 25.4 Å². The number of nitrogens with zero attached hydrogens (tertiary/aromatic N) is 3. The second kappa shape index (κ2) is 6.06. The molecule has 1 fully saturated rings. The highest BCUT2D eigenvalue weighted by Gasteiger charge is 2.23. The fourth-order valence-electron chi connectivity index (χ4n) is 2.38. The van der Waals surface area contributed by atoms with Gasteiger partial charge in [-0.3, -0.25) is 14.4 Å². The van der Waals surface area contributed by atoms with Crippen LogP contribution in [0.15, 0.2) is 12.3 Å². The van der Waals surface area contributed by atoms with Gasteiger partial charge in [0.25, 0.3) is 0 Å². The molecular weight excluding hydrogens is 244 g/mol. The number of hydrogen-bond donors (Lipinski definition) is 1. The molecule has 0 aliphatic carbocycles. The molecule has 0 aromatic carbocycles. The van der Waals surface area contributed by atoms with Gasteiger partial charge in [-0.15, -0.1) is 0 Å². The Balaban J connectivity index is 1.78. The van der Waals surface area contributed by atoms with E-state index in [1.807, 2.05) is 30.8 Å². The second-order valence-electron chi connectivity index (χ2n) is 5.27. The fraction of sp³-hybridized carbons (Fsp3) is 0.692. The zero-order chi connectivity index (χ0) is 13.8. The molecule has 0 atom stereocenters. The van der Waals surface area contributed by atoms with Gasteiger partial charge >= 0.3 is 5.97 Å². The molecule has 0 saturated carbocycles. The summed E-state index contributed by atoms with van der Waals surface area (Å²) in [4.78, 5) is 13.7. The molecule has 2 rings (SSSR count). The van der Waals surface area contributed by atoms with Crippen molar-refractivity contribution < 1.29 is 9.53 Å². The summed E-state index contributed by atoms with van der Waals surface area (Å²) in [6.07, 6.45) is 3.84. The molecule has 2 N–H and O–H groups in total. The van der Waals surface area contributed by atoms with E-state index in [1.54, 1.807) is 0 Å². The minimum Gasteiger partial charge on any atom is -0.462 e. The van der Waals surface area contributed by atoms with Crippen LogP contribution in [0.4, 0.5) is 5.82 Å². The van der Waals surface area contributed by atoms with Crippen LogP contribution in [0.5, 0.6) is 0 Å². The summed E-state index contributed by atoms with van der Waals surface area (Å²) >= 11 is 0. The number of aromatic nitrogens is 2. The Morgan fingerprint density at radius 2 is 2.21 bits per heavy atom. The molecule has 1 aliphatic rings. The second-order valence-corrected chi connectivity index (χ2v) is 5.27. The van der Waals surface area contributed by atoms with E-state index in [9.17, 15) is 4.79 Å². The SMILES string of the molecule is CC(C)OC(=O)CN1CCC(n2ccc(N)n2)CC1. The zero-order valence-electron chi connectivity index (χ0n) is 11.6. The number of esters is 1. The zero-order valence-corrected chi connectivity index (χ0v) is 11.6. The van der Waals surface area contributed by atoms with Crippen LogP contribution in [-0.4, -0.2) is 46.4 Å². The molecule has 1 aliphatic heterocycles. The van der Waals surface area contributed by atoms with Gasteiger partial charge in [-0.25, -0.2) is 0 Å². The van der Waals surface area contributed by atoms with Gasteiger partial charge in [0, 0.05) is 19.3 Å². The van der Waals surface area contributed by atoms with Crippen LogP contribution in [0.25, 0.3) is 0 Å². The molecule has 6 heteroatoms. The van der Waals surface area contributed by atoms with E-state index in [2.05, 4.69) is 10.00 Å². The van der Waals surface area contributed by atoms with Crippen LogP contribution < -0.4 is 5.73 Å². The Hall–Kier alpha value is -1.56. The highest BCUT2D eigenvalue weighted by molar-refractivity contribution is 5.71. The van der Waals surface area contributed by atoms with E-state index in [1.165, 1.54) is 0 Å². The number of carbonyl (C=O) groups excluding carboxylic acids is 1. The third-order valence-corrected chi connectivity index (χ3v) is 3.28. The fourth-order valence-corrected chi connectivity index (χ4v) is 2.38. The van der Waals surface area contributed by atoms with Crippen LogP contribution in [-0.2, 0) is 9.53 Å². The largest absolute Gasteiger partial charge is 0.462 e. The van der Waals surface area contributed by atoms with E-state index in [4.69, 9.17) is 10.5 Å². The molecule has 2 heterocycles. The maximum Gasteiger partial charge on any atom is 0.320 e. The van der Waals surface area contributed by atoms with Gasteiger partial charge in [-0.05, 0) is 32.8 Å². The number of nitrogens with two attached hydrogens (primary N) is 1. The molecule has 0 spiro atoms.